The molecule has 0 aromatic carbocycles. The fourth-order valence-electron chi connectivity index (χ4n) is 2.00. The van der Waals surface area contributed by atoms with E-state index in [0.29, 0.717) is 19.5 Å². The van der Waals surface area contributed by atoms with Crippen molar-refractivity contribution in [3.05, 3.63) is 22.8 Å². The number of carbonyl (C=O) groups is 1. The summed E-state index contributed by atoms with van der Waals surface area (Å²) >= 11 is 5.82. The second-order valence-corrected chi connectivity index (χ2v) is 4.77. The third-order valence-electron chi connectivity index (χ3n) is 3.04. The molecule has 0 bridgehead atoms. The van der Waals surface area contributed by atoms with Gasteiger partial charge < -0.3 is 10.6 Å². The monoisotopic (exact) mass is 293 g/mol. The molecule has 0 saturated carbocycles. The highest BCUT2D eigenvalue weighted by Gasteiger charge is 2.33. The van der Waals surface area contributed by atoms with Crippen LogP contribution >= 0.6 is 11.6 Å². The van der Waals surface area contributed by atoms with Crippen molar-refractivity contribution in [3.8, 4) is 0 Å². The minimum atomic E-state index is -4.48. The summed E-state index contributed by atoms with van der Waals surface area (Å²) in [5, 5.41) is -0.0834. The number of carbonyl (C=O) groups excluding carboxylic acids is 1. The van der Waals surface area contributed by atoms with Crippen LogP contribution in [-0.2, 0) is 11.0 Å². The molecule has 2 heterocycles. The molecule has 0 radical (unpaired) electrons. The summed E-state index contributed by atoms with van der Waals surface area (Å²) in [5.74, 6) is -0.496. The van der Waals surface area contributed by atoms with Gasteiger partial charge in [-0.05, 0) is 12.5 Å². The zero-order chi connectivity index (χ0) is 14.2. The highest BCUT2D eigenvalue weighted by Crippen LogP contribution is 2.34. The second kappa shape index (κ2) is 4.88. The number of nitrogens with two attached hydrogens (primary N) is 1. The number of hydrogen-bond acceptors (Lipinski definition) is 3. The average Bonchev–Trinajstić information content (AvgIpc) is 2.76. The lowest BCUT2D eigenvalue weighted by Gasteiger charge is -2.19. The fraction of sp³-hybridized carbons (Fsp3) is 0.455. The van der Waals surface area contributed by atoms with E-state index in [4.69, 9.17) is 17.3 Å². The summed E-state index contributed by atoms with van der Waals surface area (Å²) in [6.07, 6.45) is -3.19. The first-order valence-electron chi connectivity index (χ1n) is 5.56. The molecule has 1 aromatic heterocycles. The number of alkyl halides is 3. The Morgan fingerprint density at radius 2 is 2.21 bits per heavy atom. The molecule has 1 fully saturated rings. The van der Waals surface area contributed by atoms with Gasteiger partial charge in [0.05, 0.1) is 16.5 Å². The van der Waals surface area contributed by atoms with Gasteiger partial charge in [-0.15, -0.1) is 0 Å². The summed E-state index contributed by atoms with van der Waals surface area (Å²) in [6, 6.07) is 0.835. The Hall–Kier alpha value is -1.50. The number of anilines is 1. The van der Waals surface area contributed by atoms with E-state index in [1.54, 1.807) is 4.90 Å². The molecule has 1 unspecified atom stereocenters. The predicted octanol–water partition coefficient (Wildman–Crippen LogP) is 2.07. The third kappa shape index (κ3) is 2.91. The minimum Gasteiger partial charge on any atom is -0.369 e. The molecule has 8 heteroatoms. The van der Waals surface area contributed by atoms with Crippen molar-refractivity contribution < 1.29 is 18.0 Å². The Morgan fingerprint density at radius 3 is 2.68 bits per heavy atom. The Kier molecular flexibility index (Phi) is 3.58. The first-order chi connectivity index (χ1) is 8.79. The quantitative estimate of drug-likeness (QED) is 0.908. The topological polar surface area (TPSA) is 59.2 Å². The van der Waals surface area contributed by atoms with Crippen LogP contribution in [0.5, 0.6) is 0 Å². The van der Waals surface area contributed by atoms with Crippen LogP contribution in [0.15, 0.2) is 12.3 Å². The summed E-state index contributed by atoms with van der Waals surface area (Å²) in [7, 11) is 0. The first-order valence-corrected chi connectivity index (χ1v) is 5.94. The maximum Gasteiger partial charge on any atom is 0.417 e. The lowest BCUT2D eigenvalue weighted by atomic mass is 10.1. The van der Waals surface area contributed by atoms with Crippen LogP contribution in [0, 0.1) is 5.92 Å². The van der Waals surface area contributed by atoms with Crippen molar-refractivity contribution in [1.29, 1.82) is 0 Å². The molecule has 1 atom stereocenters. The number of pyridine rings is 1. The lowest BCUT2D eigenvalue weighted by molar-refractivity contribution is -0.137. The largest absolute Gasteiger partial charge is 0.417 e. The zero-order valence-corrected chi connectivity index (χ0v) is 10.5. The summed E-state index contributed by atoms with van der Waals surface area (Å²) in [5.41, 5.74) is 4.29. The summed E-state index contributed by atoms with van der Waals surface area (Å²) < 4.78 is 37.4. The Labute approximate surface area is 112 Å². The van der Waals surface area contributed by atoms with Crippen molar-refractivity contribution in [2.24, 2.45) is 11.7 Å². The normalized spacial score (nSPS) is 19.8. The van der Waals surface area contributed by atoms with Crippen molar-refractivity contribution in [2.45, 2.75) is 12.6 Å². The number of hydrogen-bond donors (Lipinski definition) is 1. The molecule has 4 nitrogen and oxygen atoms in total. The van der Waals surface area contributed by atoms with Gasteiger partial charge in [0.1, 0.15) is 5.82 Å². The predicted molar refractivity (Wildman–Crippen MR) is 63.8 cm³/mol. The van der Waals surface area contributed by atoms with Crippen LogP contribution < -0.4 is 10.6 Å². The van der Waals surface area contributed by atoms with Crippen LogP contribution in [-0.4, -0.2) is 24.0 Å². The number of aromatic nitrogens is 1. The van der Waals surface area contributed by atoms with E-state index in [0.717, 1.165) is 12.3 Å². The number of rotatable bonds is 2. The Balaban J connectivity index is 2.21. The van der Waals surface area contributed by atoms with Crippen LogP contribution in [0.3, 0.4) is 0 Å². The average molecular weight is 294 g/mol. The molecule has 2 rings (SSSR count). The van der Waals surface area contributed by atoms with Crippen molar-refractivity contribution in [2.75, 3.05) is 18.0 Å². The highest BCUT2D eigenvalue weighted by molar-refractivity contribution is 6.33. The van der Waals surface area contributed by atoms with Gasteiger partial charge in [-0.1, -0.05) is 11.6 Å². The van der Waals surface area contributed by atoms with Gasteiger partial charge in [-0.25, -0.2) is 4.98 Å². The van der Waals surface area contributed by atoms with Gasteiger partial charge in [0, 0.05) is 19.3 Å². The molecule has 104 valence electrons. The Morgan fingerprint density at radius 1 is 1.53 bits per heavy atom. The summed E-state index contributed by atoms with van der Waals surface area (Å²) in [6.45, 7) is 0.819. The molecule has 1 aliphatic rings. The van der Waals surface area contributed by atoms with E-state index in [2.05, 4.69) is 4.98 Å². The SMILES string of the molecule is NC(=O)C1CCN(c2ncc(C(F)(F)F)cc2Cl)C1. The van der Waals surface area contributed by atoms with Crippen LogP contribution in [0.2, 0.25) is 5.02 Å². The van der Waals surface area contributed by atoms with Gasteiger partial charge in [0.15, 0.2) is 0 Å². The molecule has 0 spiro atoms. The van der Waals surface area contributed by atoms with E-state index in [1.807, 2.05) is 0 Å². The highest BCUT2D eigenvalue weighted by atomic mass is 35.5. The molecular formula is C11H11ClF3N3O. The molecule has 2 N–H and O–H groups in total. The maximum atomic E-state index is 12.5. The molecular weight excluding hydrogens is 283 g/mol. The van der Waals surface area contributed by atoms with Gasteiger partial charge in [-0.2, -0.15) is 13.2 Å². The maximum absolute atomic E-state index is 12.5. The standard InChI is InChI=1S/C11H11ClF3N3O/c12-8-3-7(11(13,14)15)4-17-10(8)18-2-1-6(5-18)9(16)19/h3-4,6H,1-2,5H2,(H2,16,19). The Bertz CT molecular complexity index is 506. The van der Waals surface area contributed by atoms with E-state index in [-0.39, 0.29) is 16.8 Å². The van der Waals surface area contributed by atoms with Crippen LogP contribution in [0.4, 0.5) is 19.0 Å². The lowest BCUT2D eigenvalue weighted by Crippen LogP contribution is -2.28. The number of nitrogens with zero attached hydrogens (tertiary/aromatic N) is 2. The van der Waals surface area contributed by atoms with Crippen molar-refractivity contribution in [3.63, 3.8) is 0 Å². The molecule has 0 aliphatic carbocycles. The van der Waals surface area contributed by atoms with E-state index >= 15 is 0 Å². The third-order valence-corrected chi connectivity index (χ3v) is 3.32. The van der Waals surface area contributed by atoms with E-state index in [1.165, 1.54) is 0 Å². The van der Waals surface area contributed by atoms with Gasteiger partial charge in [0.25, 0.3) is 0 Å². The molecule has 1 amide bonds. The smallest absolute Gasteiger partial charge is 0.369 e. The van der Waals surface area contributed by atoms with Gasteiger partial charge in [0.2, 0.25) is 5.91 Å². The molecule has 1 aliphatic heterocycles. The van der Waals surface area contributed by atoms with E-state index in [9.17, 15) is 18.0 Å². The zero-order valence-electron chi connectivity index (χ0n) is 9.75. The molecule has 1 saturated heterocycles. The fourth-order valence-corrected chi connectivity index (χ4v) is 2.29. The summed E-state index contributed by atoms with van der Waals surface area (Å²) in [4.78, 5) is 16.4. The number of amides is 1. The van der Waals surface area contributed by atoms with Gasteiger partial charge >= 0.3 is 6.18 Å². The van der Waals surface area contributed by atoms with Crippen LogP contribution in [0.1, 0.15) is 12.0 Å². The number of halogens is 4. The van der Waals surface area contributed by atoms with Crippen molar-refractivity contribution in [1.82, 2.24) is 4.98 Å². The molecule has 1 aromatic rings. The van der Waals surface area contributed by atoms with E-state index < -0.39 is 17.6 Å². The second-order valence-electron chi connectivity index (χ2n) is 4.36. The van der Waals surface area contributed by atoms with Crippen molar-refractivity contribution >= 4 is 23.3 Å². The number of primary amides is 1. The first kappa shape index (κ1) is 13.9. The molecule has 19 heavy (non-hydrogen) atoms. The van der Waals surface area contributed by atoms with Crippen LogP contribution in [0.25, 0.3) is 0 Å². The van der Waals surface area contributed by atoms with Gasteiger partial charge in [-0.3, -0.25) is 4.79 Å². The minimum absolute atomic E-state index is 0.0834.